The maximum absolute atomic E-state index is 13.2. The molecule has 0 spiro atoms. The number of thioether (sulfide) groups is 1. The zero-order valence-corrected chi connectivity index (χ0v) is 17.2. The van der Waals surface area contributed by atoms with Crippen LogP contribution >= 0.6 is 23.1 Å². The van der Waals surface area contributed by atoms with Gasteiger partial charge in [-0.3, -0.25) is 4.79 Å². The summed E-state index contributed by atoms with van der Waals surface area (Å²) in [4.78, 5) is 24.3. The quantitative estimate of drug-likeness (QED) is 0.338. The number of nitrogens with zero attached hydrogens (tertiary/aromatic N) is 2. The van der Waals surface area contributed by atoms with Crippen LogP contribution in [0.25, 0.3) is 10.2 Å². The molecule has 0 aliphatic heterocycles. The molecular weight excluding hydrogens is 386 g/mol. The highest BCUT2D eigenvalue weighted by molar-refractivity contribution is 8.00. The van der Waals surface area contributed by atoms with Crippen molar-refractivity contribution in [2.75, 3.05) is 5.32 Å². The Bertz CT molecular complexity index is 1110. The molecule has 140 valence electrons. The zero-order chi connectivity index (χ0) is 19.5. The largest absolute Gasteiger partial charge is 0.325 e. The summed E-state index contributed by atoms with van der Waals surface area (Å²) in [7, 11) is 0. The molecule has 0 saturated carbocycles. The van der Waals surface area contributed by atoms with Gasteiger partial charge in [0, 0.05) is 16.0 Å². The third kappa shape index (κ3) is 3.79. The normalized spacial score (nSPS) is 12.1. The standard InChI is InChI=1S/C22H19N3OS2/c1-14-15(2)27-21-18(14)22(24-13-23-21)28-19(16-9-5-3-6-10-16)20(26)25-17-11-7-4-8-12-17/h3-13,19H,1-2H3,(H,25,26). The van der Waals surface area contributed by atoms with Gasteiger partial charge in [0.1, 0.15) is 21.4 Å². The highest BCUT2D eigenvalue weighted by Gasteiger charge is 2.25. The highest BCUT2D eigenvalue weighted by atomic mass is 32.2. The molecule has 6 heteroatoms. The first-order valence-electron chi connectivity index (χ1n) is 8.91. The van der Waals surface area contributed by atoms with Gasteiger partial charge >= 0.3 is 0 Å². The number of amides is 1. The van der Waals surface area contributed by atoms with Crippen molar-refractivity contribution in [3.8, 4) is 0 Å². The second-order valence-corrected chi connectivity index (χ2v) is 8.70. The van der Waals surface area contributed by atoms with Crippen LogP contribution in [0.1, 0.15) is 21.3 Å². The van der Waals surface area contributed by atoms with Crippen molar-refractivity contribution in [3.05, 3.63) is 83.0 Å². The number of fused-ring (bicyclic) bond motifs is 1. The maximum Gasteiger partial charge on any atom is 0.242 e. The summed E-state index contributed by atoms with van der Waals surface area (Å²) in [6.45, 7) is 4.18. The minimum atomic E-state index is -0.417. The predicted octanol–water partition coefficient (Wildman–Crippen LogP) is 5.78. The third-order valence-corrected chi connectivity index (χ3v) is 6.91. The van der Waals surface area contributed by atoms with Crippen LogP contribution in [0.3, 0.4) is 0 Å². The monoisotopic (exact) mass is 405 g/mol. The predicted molar refractivity (Wildman–Crippen MR) is 117 cm³/mol. The molecule has 4 rings (SSSR count). The van der Waals surface area contributed by atoms with E-state index in [2.05, 4.69) is 29.1 Å². The van der Waals surface area contributed by atoms with E-state index in [-0.39, 0.29) is 5.91 Å². The van der Waals surface area contributed by atoms with Gasteiger partial charge in [-0.05, 0) is 37.1 Å². The Morgan fingerprint density at radius 3 is 2.39 bits per heavy atom. The van der Waals surface area contributed by atoms with E-state index < -0.39 is 5.25 Å². The van der Waals surface area contributed by atoms with Gasteiger partial charge in [-0.15, -0.1) is 11.3 Å². The van der Waals surface area contributed by atoms with Crippen LogP contribution in [0.15, 0.2) is 72.0 Å². The first-order valence-corrected chi connectivity index (χ1v) is 10.6. The van der Waals surface area contributed by atoms with E-state index in [9.17, 15) is 4.79 Å². The molecule has 1 N–H and O–H groups in total. The van der Waals surface area contributed by atoms with Gasteiger partial charge < -0.3 is 5.32 Å². The van der Waals surface area contributed by atoms with Gasteiger partial charge in [-0.25, -0.2) is 9.97 Å². The first-order chi connectivity index (χ1) is 13.6. The molecule has 0 saturated heterocycles. The number of aromatic nitrogens is 2. The van der Waals surface area contributed by atoms with Gasteiger partial charge in [-0.1, -0.05) is 60.3 Å². The molecule has 2 aromatic carbocycles. The number of nitrogens with one attached hydrogen (secondary N) is 1. The molecule has 4 aromatic rings. The molecule has 0 radical (unpaired) electrons. The van der Waals surface area contributed by atoms with E-state index in [1.54, 1.807) is 17.7 Å². The van der Waals surface area contributed by atoms with Crippen LogP contribution in [0.5, 0.6) is 0 Å². The molecule has 1 atom stereocenters. The van der Waals surface area contributed by atoms with E-state index in [4.69, 9.17) is 0 Å². The summed E-state index contributed by atoms with van der Waals surface area (Å²) in [6.07, 6.45) is 1.58. The van der Waals surface area contributed by atoms with Crippen LogP contribution in [0.4, 0.5) is 5.69 Å². The number of aryl methyl sites for hydroxylation is 2. The lowest BCUT2D eigenvalue weighted by atomic mass is 10.1. The molecule has 0 aliphatic rings. The zero-order valence-electron chi connectivity index (χ0n) is 15.5. The summed E-state index contributed by atoms with van der Waals surface area (Å²) in [5.41, 5.74) is 2.90. The van der Waals surface area contributed by atoms with Gasteiger partial charge in [0.05, 0.1) is 0 Å². The fourth-order valence-electron chi connectivity index (χ4n) is 2.98. The molecule has 28 heavy (non-hydrogen) atoms. The average Bonchev–Trinajstić information content (AvgIpc) is 3.02. The molecule has 4 nitrogen and oxygen atoms in total. The van der Waals surface area contributed by atoms with Gasteiger partial charge in [-0.2, -0.15) is 0 Å². The maximum atomic E-state index is 13.2. The van der Waals surface area contributed by atoms with Crippen molar-refractivity contribution >= 4 is 44.9 Å². The van der Waals surface area contributed by atoms with Crippen molar-refractivity contribution < 1.29 is 4.79 Å². The van der Waals surface area contributed by atoms with E-state index in [0.717, 1.165) is 26.5 Å². The molecule has 2 aromatic heterocycles. The number of rotatable bonds is 5. The van der Waals surface area contributed by atoms with Gasteiger partial charge in [0.2, 0.25) is 5.91 Å². The first kappa shape index (κ1) is 18.7. The van der Waals surface area contributed by atoms with E-state index in [0.29, 0.717) is 0 Å². The van der Waals surface area contributed by atoms with Crippen LogP contribution < -0.4 is 5.32 Å². The van der Waals surface area contributed by atoms with E-state index >= 15 is 0 Å². The number of hydrogen-bond donors (Lipinski definition) is 1. The van der Waals surface area contributed by atoms with Crippen molar-refractivity contribution in [2.45, 2.75) is 24.1 Å². The summed E-state index contributed by atoms with van der Waals surface area (Å²) >= 11 is 3.13. The highest BCUT2D eigenvalue weighted by Crippen LogP contribution is 2.41. The average molecular weight is 406 g/mol. The van der Waals surface area contributed by atoms with Crippen molar-refractivity contribution in [1.82, 2.24) is 9.97 Å². The number of benzene rings is 2. The summed E-state index contributed by atoms with van der Waals surface area (Å²) in [6, 6.07) is 19.3. The summed E-state index contributed by atoms with van der Waals surface area (Å²) in [5.74, 6) is -0.0706. The Morgan fingerprint density at radius 2 is 1.68 bits per heavy atom. The second-order valence-electron chi connectivity index (χ2n) is 6.41. The summed E-state index contributed by atoms with van der Waals surface area (Å²) < 4.78 is 0. The summed E-state index contributed by atoms with van der Waals surface area (Å²) in [5, 5.41) is 4.49. The molecular formula is C22H19N3OS2. The smallest absolute Gasteiger partial charge is 0.242 e. The number of para-hydroxylation sites is 1. The number of hydrogen-bond acceptors (Lipinski definition) is 5. The Kier molecular flexibility index (Phi) is 5.41. The Hall–Kier alpha value is -2.70. The number of carbonyl (C=O) groups excluding carboxylic acids is 1. The lowest BCUT2D eigenvalue weighted by Crippen LogP contribution is -2.19. The molecule has 0 aliphatic carbocycles. The molecule has 2 heterocycles. The lowest BCUT2D eigenvalue weighted by Gasteiger charge is -2.17. The van der Waals surface area contributed by atoms with Crippen LogP contribution in [0.2, 0.25) is 0 Å². The van der Waals surface area contributed by atoms with Crippen LogP contribution in [-0.4, -0.2) is 15.9 Å². The van der Waals surface area contributed by atoms with Crippen molar-refractivity contribution in [2.24, 2.45) is 0 Å². The second kappa shape index (κ2) is 8.12. The molecule has 1 unspecified atom stereocenters. The van der Waals surface area contributed by atoms with Gasteiger partial charge in [0.25, 0.3) is 0 Å². The molecule has 1 amide bonds. The number of carbonyl (C=O) groups is 1. The Balaban J connectivity index is 1.72. The Labute approximate surface area is 172 Å². The lowest BCUT2D eigenvalue weighted by molar-refractivity contribution is -0.115. The fourth-order valence-corrected chi connectivity index (χ4v) is 5.20. The number of thiophene rings is 1. The SMILES string of the molecule is Cc1sc2ncnc(SC(C(=O)Nc3ccccc3)c3ccccc3)c2c1C. The van der Waals surface area contributed by atoms with E-state index in [1.165, 1.54) is 22.2 Å². The number of anilines is 1. The van der Waals surface area contributed by atoms with Crippen LogP contribution in [0, 0.1) is 13.8 Å². The topological polar surface area (TPSA) is 54.9 Å². The molecule has 0 fully saturated rings. The van der Waals surface area contributed by atoms with E-state index in [1.807, 2.05) is 60.7 Å². The fraction of sp³-hybridized carbons (Fsp3) is 0.136. The van der Waals surface area contributed by atoms with Gasteiger partial charge in [0.15, 0.2) is 0 Å². The Morgan fingerprint density at radius 1 is 1.00 bits per heavy atom. The minimum Gasteiger partial charge on any atom is -0.325 e. The van der Waals surface area contributed by atoms with Crippen molar-refractivity contribution in [1.29, 1.82) is 0 Å². The van der Waals surface area contributed by atoms with Crippen LogP contribution in [-0.2, 0) is 4.79 Å². The molecule has 0 bridgehead atoms. The minimum absolute atomic E-state index is 0.0706. The third-order valence-electron chi connectivity index (χ3n) is 4.54. The van der Waals surface area contributed by atoms with Crippen molar-refractivity contribution in [3.63, 3.8) is 0 Å².